The Morgan fingerprint density at radius 3 is 2.26 bits per heavy atom. The van der Waals surface area contributed by atoms with Crippen molar-refractivity contribution in [1.29, 1.82) is 0 Å². The van der Waals surface area contributed by atoms with Gasteiger partial charge in [0.15, 0.2) is 0 Å². The predicted molar refractivity (Wildman–Crippen MR) is 77.6 cm³/mol. The number of piperidine rings is 1. The number of carbonyl (C=O) groups excluding carboxylic acids is 2. The Bertz CT molecular complexity index is 458. The molecule has 4 heteroatoms. The van der Waals surface area contributed by atoms with Gasteiger partial charge in [0.2, 0.25) is 0 Å². The van der Waals surface area contributed by atoms with Crippen LogP contribution >= 0.6 is 11.8 Å². The van der Waals surface area contributed by atoms with Crippen molar-refractivity contribution in [1.82, 2.24) is 4.90 Å². The molecule has 0 aromatic heterocycles. The van der Waals surface area contributed by atoms with Crippen LogP contribution in [0, 0.1) is 0 Å². The van der Waals surface area contributed by atoms with E-state index >= 15 is 0 Å². The molecule has 0 saturated carbocycles. The molecule has 1 saturated heterocycles. The van der Waals surface area contributed by atoms with E-state index < -0.39 is 0 Å². The summed E-state index contributed by atoms with van der Waals surface area (Å²) in [7, 11) is 0. The lowest BCUT2D eigenvalue weighted by Gasteiger charge is -2.26. The number of Topliss-reactive ketones (excluding diaryl/α,β-unsaturated/α-hetero) is 1. The summed E-state index contributed by atoms with van der Waals surface area (Å²) in [5, 5.41) is 0.537. The van der Waals surface area contributed by atoms with Gasteiger partial charge in [-0.3, -0.25) is 9.59 Å². The molecule has 0 spiro atoms. The minimum Gasteiger partial charge on any atom is -0.338 e. The van der Waals surface area contributed by atoms with Gasteiger partial charge < -0.3 is 4.90 Å². The zero-order chi connectivity index (χ0) is 13.8. The van der Waals surface area contributed by atoms with Gasteiger partial charge in [0, 0.05) is 41.6 Å². The lowest BCUT2D eigenvalue weighted by Crippen LogP contribution is -2.38. The monoisotopic (exact) mass is 277 g/mol. The molecule has 3 nitrogen and oxygen atoms in total. The van der Waals surface area contributed by atoms with Crippen molar-refractivity contribution < 1.29 is 9.59 Å². The normalized spacial score (nSPS) is 15.9. The van der Waals surface area contributed by atoms with E-state index in [9.17, 15) is 9.59 Å². The predicted octanol–water partition coefficient (Wildman–Crippen LogP) is 2.99. The second kappa shape index (κ2) is 6.24. The first-order chi connectivity index (χ1) is 9.06. The molecule has 0 aliphatic carbocycles. The molecule has 1 aromatic rings. The third-order valence-electron chi connectivity index (χ3n) is 3.08. The molecule has 1 heterocycles. The number of thioether (sulfide) groups is 1. The highest BCUT2D eigenvalue weighted by Crippen LogP contribution is 2.23. The van der Waals surface area contributed by atoms with Crippen LogP contribution in [0.25, 0.3) is 0 Å². The number of carbonyl (C=O) groups is 2. The van der Waals surface area contributed by atoms with Gasteiger partial charge >= 0.3 is 0 Å². The molecule has 0 radical (unpaired) electrons. The van der Waals surface area contributed by atoms with Crippen molar-refractivity contribution in [3.05, 3.63) is 29.8 Å². The molecule has 2 rings (SSSR count). The van der Waals surface area contributed by atoms with Crippen LogP contribution in [0.3, 0.4) is 0 Å². The minimum absolute atomic E-state index is 0.0357. The topological polar surface area (TPSA) is 37.4 Å². The van der Waals surface area contributed by atoms with Crippen molar-refractivity contribution in [3.8, 4) is 0 Å². The number of hydrogen-bond acceptors (Lipinski definition) is 3. The Hall–Kier alpha value is -1.29. The maximum atomic E-state index is 12.2. The molecule has 1 aromatic carbocycles. The van der Waals surface area contributed by atoms with Crippen molar-refractivity contribution in [2.45, 2.75) is 36.8 Å². The summed E-state index contributed by atoms with van der Waals surface area (Å²) in [5.74, 6) is 0.293. The Balaban J connectivity index is 2.01. The van der Waals surface area contributed by atoms with Gasteiger partial charge in [-0.15, -0.1) is 11.8 Å². The molecular formula is C15H19NO2S. The van der Waals surface area contributed by atoms with Crippen LogP contribution in [0.15, 0.2) is 29.2 Å². The molecule has 0 atom stereocenters. The van der Waals surface area contributed by atoms with Crippen LogP contribution < -0.4 is 0 Å². The van der Waals surface area contributed by atoms with Crippen molar-refractivity contribution in [2.24, 2.45) is 0 Å². The standard InChI is InChI=1S/C15H19NO2S/c1-11(2)19-14-5-3-12(4-6-14)15(18)16-9-7-13(17)8-10-16/h3-6,11H,7-10H2,1-2H3. The van der Waals surface area contributed by atoms with Crippen LogP contribution in [0.2, 0.25) is 0 Å². The maximum Gasteiger partial charge on any atom is 0.253 e. The molecule has 0 unspecified atom stereocenters. The van der Waals surface area contributed by atoms with Crippen LogP contribution in [0.5, 0.6) is 0 Å². The second-order valence-corrected chi connectivity index (χ2v) is 6.67. The summed E-state index contributed by atoms with van der Waals surface area (Å²) in [6.45, 7) is 5.41. The molecule has 1 aliphatic rings. The third kappa shape index (κ3) is 3.83. The molecule has 19 heavy (non-hydrogen) atoms. The summed E-state index contributed by atoms with van der Waals surface area (Å²) >= 11 is 1.79. The highest BCUT2D eigenvalue weighted by atomic mass is 32.2. The highest BCUT2D eigenvalue weighted by molar-refractivity contribution is 7.99. The van der Waals surface area contributed by atoms with Gasteiger partial charge in [-0.25, -0.2) is 0 Å². The summed E-state index contributed by atoms with van der Waals surface area (Å²) in [6, 6.07) is 7.74. The Morgan fingerprint density at radius 1 is 1.16 bits per heavy atom. The van der Waals surface area contributed by atoms with E-state index in [1.54, 1.807) is 16.7 Å². The van der Waals surface area contributed by atoms with Crippen molar-refractivity contribution in [2.75, 3.05) is 13.1 Å². The Kier molecular flexibility index (Phi) is 4.64. The summed E-state index contributed by atoms with van der Waals surface area (Å²) < 4.78 is 0. The van der Waals surface area contributed by atoms with Crippen LogP contribution in [0.4, 0.5) is 0 Å². The second-order valence-electron chi connectivity index (χ2n) is 5.02. The maximum absolute atomic E-state index is 12.2. The minimum atomic E-state index is 0.0357. The lowest BCUT2D eigenvalue weighted by molar-refractivity contribution is -0.120. The van der Waals surface area contributed by atoms with Gasteiger partial charge in [0.1, 0.15) is 5.78 Å². The Labute approximate surface area is 118 Å². The van der Waals surface area contributed by atoms with E-state index in [1.807, 2.05) is 24.3 Å². The van der Waals surface area contributed by atoms with E-state index in [0.29, 0.717) is 36.7 Å². The van der Waals surface area contributed by atoms with Gasteiger partial charge in [0.25, 0.3) is 5.91 Å². The van der Waals surface area contributed by atoms with Crippen LogP contribution in [-0.4, -0.2) is 34.9 Å². The van der Waals surface area contributed by atoms with E-state index in [0.717, 1.165) is 0 Å². The third-order valence-corrected chi connectivity index (χ3v) is 4.10. The number of benzene rings is 1. The largest absolute Gasteiger partial charge is 0.338 e. The van der Waals surface area contributed by atoms with Gasteiger partial charge in [-0.2, -0.15) is 0 Å². The zero-order valence-electron chi connectivity index (χ0n) is 11.4. The molecule has 102 valence electrons. The van der Waals surface area contributed by atoms with E-state index in [-0.39, 0.29) is 11.7 Å². The first-order valence-electron chi connectivity index (χ1n) is 6.64. The van der Waals surface area contributed by atoms with E-state index in [2.05, 4.69) is 13.8 Å². The fraction of sp³-hybridized carbons (Fsp3) is 0.467. The SMILES string of the molecule is CC(C)Sc1ccc(C(=O)N2CCC(=O)CC2)cc1. The lowest BCUT2D eigenvalue weighted by atomic mass is 10.1. The van der Waals surface area contributed by atoms with Crippen molar-refractivity contribution >= 4 is 23.5 Å². The van der Waals surface area contributed by atoms with Crippen LogP contribution in [-0.2, 0) is 4.79 Å². The molecule has 1 fully saturated rings. The molecule has 1 aliphatic heterocycles. The van der Waals surface area contributed by atoms with Crippen LogP contribution in [0.1, 0.15) is 37.0 Å². The Morgan fingerprint density at radius 2 is 1.74 bits per heavy atom. The number of nitrogens with zero attached hydrogens (tertiary/aromatic N) is 1. The molecule has 0 N–H and O–H groups in total. The van der Waals surface area contributed by atoms with E-state index in [1.165, 1.54) is 4.90 Å². The zero-order valence-corrected chi connectivity index (χ0v) is 12.2. The van der Waals surface area contributed by atoms with Gasteiger partial charge in [-0.05, 0) is 24.3 Å². The van der Waals surface area contributed by atoms with E-state index in [4.69, 9.17) is 0 Å². The average molecular weight is 277 g/mol. The first kappa shape index (κ1) is 14.1. The first-order valence-corrected chi connectivity index (χ1v) is 7.52. The smallest absolute Gasteiger partial charge is 0.253 e. The number of amides is 1. The number of ketones is 1. The number of hydrogen-bond donors (Lipinski definition) is 0. The number of likely N-dealkylation sites (tertiary alicyclic amines) is 1. The average Bonchev–Trinajstić information content (AvgIpc) is 2.39. The molecular weight excluding hydrogens is 258 g/mol. The van der Waals surface area contributed by atoms with Gasteiger partial charge in [-0.1, -0.05) is 13.8 Å². The summed E-state index contributed by atoms with van der Waals surface area (Å²) in [4.78, 5) is 26.4. The van der Waals surface area contributed by atoms with Gasteiger partial charge in [0.05, 0.1) is 0 Å². The summed E-state index contributed by atoms with van der Waals surface area (Å²) in [5.41, 5.74) is 0.711. The number of rotatable bonds is 3. The highest BCUT2D eigenvalue weighted by Gasteiger charge is 2.21. The quantitative estimate of drug-likeness (QED) is 0.797. The fourth-order valence-corrected chi connectivity index (χ4v) is 2.93. The molecule has 0 bridgehead atoms. The summed E-state index contributed by atoms with van der Waals surface area (Å²) in [6.07, 6.45) is 0.986. The van der Waals surface area contributed by atoms with Crippen molar-refractivity contribution in [3.63, 3.8) is 0 Å². The fourth-order valence-electron chi connectivity index (χ4n) is 2.09. The molecule has 1 amide bonds.